The molecule has 4 atom stereocenters. The Kier molecular flexibility index (Phi) is 4.10. The van der Waals surface area contributed by atoms with Crippen LogP contribution in [0.5, 0.6) is 0 Å². The number of hydrogen-bond donors (Lipinski definition) is 2. The first kappa shape index (κ1) is 14.8. The van der Waals surface area contributed by atoms with Crippen molar-refractivity contribution in [2.75, 3.05) is 33.2 Å². The monoisotopic (exact) mass is 280 g/mol. The quantitative estimate of drug-likeness (QED) is 0.802. The van der Waals surface area contributed by atoms with Crippen LogP contribution in [0, 0.1) is 17.3 Å². The Morgan fingerprint density at radius 2 is 2.05 bits per heavy atom. The summed E-state index contributed by atoms with van der Waals surface area (Å²) >= 11 is 0. The Hall–Kier alpha value is -0.160. The fourth-order valence-corrected chi connectivity index (χ4v) is 4.50. The summed E-state index contributed by atoms with van der Waals surface area (Å²) in [6.45, 7) is 12.0. The van der Waals surface area contributed by atoms with Gasteiger partial charge in [-0.1, -0.05) is 20.8 Å². The average molecular weight is 280 g/mol. The number of piperidine rings is 1. The molecule has 3 rings (SSSR count). The molecule has 2 N–H and O–H groups in total. The molecule has 0 bridgehead atoms. The highest BCUT2D eigenvalue weighted by Crippen LogP contribution is 2.41. The van der Waals surface area contributed by atoms with Crippen molar-refractivity contribution in [2.24, 2.45) is 17.3 Å². The molecule has 3 aliphatic heterocycles. The smallest absolute Gasteiger partial charge is 0.0629 e. The first-order valence-corrected chi connectivity index (χ1v) is 8.39. The molecule has 4 heteroatoms. The summed E-state index contributed by atoms with van der Waals surface area (Å²) in [5, 5.41) is 6.06. The lowest BCUT2D eigenvalue weighted by atomic mass is 9.82. The van der Waals surface area contributed by atoms with Gasteiger partial charge in [-0.2, -0.15) is 0 Å². The zero-order valence-electron chi connectivity index (χ0n) is 13.7. The van der Waals surface area contributed by atoms with E-state index in [1.165, 1.54) is 38.9 Å². The molecule has 4 unspecified atom stereocenters. The van der Waals surface area contributed by atoms with Gasteiger partial charge in [-0.15, -0.1) is 0 Å². The zero-order valence-corrected chi connectivity index (χ0v) is 13.7. The third kappa shape index (κ3) is 2.89. The van der Waals surface area contributed by atoms with Gasteiger partial charge in [-0.25, -0.2) is 5.01 Å². The van der Waals surface area contributed by atoms with Crippen molar-refractivity contribution < 1.29 is 0 Å². The molecular weight excluding hydrogens is 248 g/mol. The molecule has 3 fully saturated rings. The van der Waals surface area contributed by atoms with Crippen LogP contribution in [0.1, 0.15) is 40.0 Å². The minimum Gasteiger partial charge on any atom is -0.301 e. The zero-order chi connectivity index (χ0) is 14.3. The third-order valence-corrected chi connectivity index (χ3v) is 5.49. The van der Waals surface area contributed by atoms with Gasteiger partial charge in [0.2, 0.25) is 0 Å². The minimum atomic E-state index is 0.386. The van der Waals surface area contributed by atoms with Gasteiger partial charge in [-0.3, -0.25) is 10.3 Å². The third-order valence-electron chi connectivity index (χ3n) is 5.49. The number of nitrogens with zero attached hydrogens (tertiary/aromatic N) is 2. The molecule has 0 aromatic rings. The summed E-state index contributed by atoms with van der Waals surface area (Å²) in [6.07, 6.45) is 4.80. The van der Waals surface area contributed by atoms with E-state index in [0.29, 0.717) is 11.6 Å². The summed E-state index contributed by atoms with van der Waals surface area (Å²) in [4.78, 5) is 2.81. The number of rotatable bonds is 2. The molecule has 0 amide bonds. The van der Waals surface area contributed by atoms with Crippen LogP contribution in [-0.4, -0.2) is 55.3 Å². The van der Waals surface area contributed by atoms with Gasteiger partial charge in [0.15, 0.2) is 0 Å². The number of likely N-dealkylation sites (tertiary alicyclic amines) is 1. The molecule has 0 aliphatic carbocycles. The van der Waals surface area contributed by atoms with Gasteiger partial charge in [0, 0.05) is 32.7 Å². The molecule has 3 aliphatic rings. The molecular formula is C16H32N4. The second-order valence-corrected chi connectivity index (χ2v) is 8.22. The summed E-state index contributed by atoms with van der Waals surface area (Å²) < 4.78 is 0. The predicted octanol–water partition coefficient (Wildman–Crippen LogP) is 1.50. The minimum absolute atomic E-state index is 0.386. The van der Waals surface area contributed by atoms with Crippen LogP contribution in [0.2, 0.25) is 0 Å². The first-order chi connectivity index (χ1) is 9.45. The van der Waals surface area contributed by atoms with Crippen molar-refractivity contribution in [3.05, 3.63) is 0 Å². The summed E-state index contributed by atoms with van der Waals surface area (Å²) in [6, 6.07) is 0.731. The van der Waals surface area contributed by atoms with Crippen LogP contribution in [0.15, 0.2) is 0 Å². The lowest BCUT2D eigenvalue weighted by Gasteiger charge is -2.40. The van der Waals surface area contributed by atoms with Gasteiger partial charge in [0.1, 0.15) is 0 Å². The Labute approximate surface area is 124 Å². The molecule has 20 heavy (non-hydrogen) atoms. The van der Waals surface area contributed by atoms with E-state index in [1.807, 2.05) is 0 Å². The van der Waals surface area contributed by atoms with Crippen molar-refractivity contribution in [3.8, 4) is 0 Å². The highest BCUT2D eigenvalue weighted by Gasteiger charge is 2.47. The van der Waals surface area contributed by atoms with Gasteiger partial charge < -0.3 is 5.32 Å². The standard InChI is InChI=1S/C16H32N4/c1-16(2,3)14-8-13-6-5-7-17-15(13)20(14)11-12-9-18-19(4)10-12/h12-15,17-18H,5-11H2,1-4H3. The molecule has 3 saturated heterocycles. The first-order valence-electron chi connectivity index (χ1n) is 8.39. The highest BCUT2D eigenvalue weighted by atomic mass is 15.5. The lowest BCUT2D eigenvalue weighted by Crippen LogP contribution is -2.53. The summed E-state index contributed by atoms with van der Waals surface area (Å²) in [5.74, 6) is 1.65. The van der Waals surface area contributed by atoms with E-state index < -0.39 is 0 Å². The average Bonchev–Trinajstić information content (AvgIpc) is 2.94. The number of hydrogen-bond acceptors (Lipinski definition) is 4. The molecule has 0 aromatic heterocycles. The molecule has 116 valence electrons. The van der Waals surface area contributed by atoms with Gasteiger partial charge in [-0.05, 0) is 43.1 Å². The number of fused-ring (bicyclic) bond motifs is 1. The van der Waals surface area contributed by atoms with Crippen LogP contribution in [0.3, 0.4) is 0 Å². The van der Waals surface area contributed by atoms with E-state index in [9.17, 15) is 0 Å². The lowest BCUT2D eigenvalue weighted by molar-refractivity contribution is 0.0687. The largest absolute Gasteiger partial charge is 0.301 e. The van der Waals surface area contributed by atoms with Gasteiger partial charge in [0.25, 0.3) is 0 Å². The second-order valence-electron chi connectivity index (χ2n) is 8.22. The van der Waals surface area contributed by atoms with Crippen molar-refractivity contribution in [2.45, 2.75) is 52.2 Å². The van der Waals surface area contributed by atoms with E-state index in [4.69, 9.17) is 0 Å². The van der Waals surface area contributed by atoms with Crippen molar-refractivity contribution in [1.29, 1.82) is 0 Å². The maximum atomic E-state index is 3.81. The van der Waals surface area contributed by atoms with Crippen LogP contribution >= 0.6 is 0 Å². The molecule has 0 saturated carbocycles. The highest BCUT2D eigenvalue weighted by molar-refractivity contribution is 5.00. The molecule has 3 heterocycles. The van der Waals surface area contributed by atoms with Gasteiger partial charge >= 0.3 is 0 Å². The molecule has 0 aromatic carbocycles. The molecule has 4 nitrogen and oxygen atoms in total. The fourth-order valence-electron chi connectivity index (χ4n) is 4.50. The molecule has 0 radical (unpaired) electrons. The summed E-state index contributed by atoms with van der Waals surface area (Å²) in [7, 11) is 2.16. The van der Waals surface area contributed by atoms with Gasteiger partial charge in [0.05, 0.1) is 6.17 Å². The maximum Gasteiger partial charge on any atom is 0.0629 e. The van der Waals surface area contributed by atoms with Crippen molar-refractivity contribution in [3.63, 3.8) is 0 Å². The Morgan fingerprint density at radius 1 is 1.25 bits per heavy atom. The summed E-state index contributed by atoms with van der Waals surface area (Å²) in [5.41, 5.74) is 3.84. The Bertz CT molecular complexity index is 338. The van der Waals surface area contributed by atoms with E-state index in [0.717, 1.165) is 24.4 Å². The van der Waals surface area contributed by atoms with E-state index in [1.54, 1.807) is 0 Å². The Balaban J connectivity index is 1.72. The SMILES string of the molecule is CN1CC(CN2C3NCCCC3CC2C(C)(C)C)CN1. The van der Waals surface area contributed by atoms with Crippen molar-refractivity contribution in [1.82, 2.24) is 20.7 Å². The maximum absolute atomic E-state index is 3.81. The van der Waals surface area contributed by atoms with Crippen LogP contribution < -0.4 is 10.7 Å². The van der Waals surface area contributed by atoms with E-state index in [-0.39, 0.29) is 0 Å². The van der Waals surface area contributed by atoms with E-state index >= 15 is 0 Å². The fraction of sp³-hybridized carbons (Fsp3) is 1.00. The predicted molar refractivity (Wildman–Crippen MR) is 83.2 cm³/mol. The normalized spacial score (nSPS) is 40.2. The number of nitrogens with one attached hydrogen (secondary N) is 2. The number of hydrazine groups is 1. The van der Waals surface area contributed by atoms with E-state index in [2.05, 4.69) is 48.5 Å². The van der Waals surface area contributed by atoms with Crippen LogP contribution in [0.25, 0.3) is 0 Å². The van der Waals surface area contributed by atoms with Crippen LogP contribution in [0.4, 0.5) is 0 Å². The van der Waals surface area contributed by atoms with Crippen LogP contribution in [-0.2, 0) is 0 Å². The molecule has 0 spiro atoms. The topological polar surface area (TPSA) is 30.5 Å². The van der Waals surface area contributed by atoms with Crippen molar-refractivity contribution >= 4 is 0 Å². The second kappa shape index (κ2) is 5.56. The Morgan fingerprint density at radius 3 is 2.70 bits per heavy atom.